The van der Waals surface area contributed by atoms with Gasteiger partial charge in [-0.05, 0) is 54.7 Å². The second-order valence-electron chi connectivity index (χ2n) is 7.63. The average molecular weight is 404 g/mol. The van der Waals surface area contributed by atoms with Crippen molar-refractivity contribution in [3.63, 3.8) is 0 Å². The van der Waals surface area contributed by atoms with Crippen LogP contribution in [0.25, 0.3) is 11.1 Å². The van der Waals surface area contributed by atoms with E-state index in [-0.39, 0.29) is 16.7 Å². The van der Waals surface area contributed by atoms with Crippen molar-refractivity contribution in [1.82, 2.24) is 4.90 Å². The molecule has 2 aromatic carbocycles. The lowest BCUT2D eigenvalue weighted by Gasteiger charge is -2.18. The summed E-state index contributed by atoms with van der Waals surface area (Å²) in [6.07, 6.45) is 0.572. The largest absolute Gasteiger partial charge is 0.495 e. The molecule has 0 unspecified atom stereocenters. The van der Waals surface area contributed by atoms with Gasteiger partial charge in [0, 0.05) is 19.7 Å². The molecule has 152 valence electrons. The number of nitrogens with zero attached hydrogens (tertiary/aromatic N) is 1. The summed E-state index contributed by atoms with van der Waals surface area (Å²) in [4.78, 5) is 14.0. The second-order valence-corrected chi connectivity index (χ2v) is 9.97. The van der Waals surface area contributed by atoms with E-state index < -0.39 is 15.1 Å². The molecule has 0 spiro atoms. The Morgan fingerprint density at radius 3 is 2.25 bits per heavy atom. The summed E-state index contributed by atoms with van der Waals surface area (Å²) in [6, 6.07) is 12.3. The van der Waals surface area contributed by atoms with Gasteiger partial charge >= 0.3 is 0 Å². The van der Waals surface area contributed by atoms with Crippen LogP contribution in [0.3, 0.4) is 0 Å². The topological polar surface area (TPSA) is 63.7 Å². The predicted molar refractivity (Wildman–Crippen MR) is 113 cm³/mol. The minimum absolute atomic E-state index is 0.103. The molecule has 2 rings (SSSR count). The van der Waals surface area contributed by atoms with Crippen LogP contribution in [-0.4, -0.2) is 45.7 Å². The molecule has 1 atom stereocenters. The number of hydrogen-bond donors (Lipinski definition) is 0. The Morgan fingerprint density at radius 2 is 1.68 bits per heavy atom. The smallest absolute Gasteiger partial charge is 0.253 e. The molecule has 0 aliphatic rings. The molecule has 0 aliphatic carbocycles. The van der Waals surface area contributed by atoms with E-state index in [1.165, 1.54) is 12.0 Å². The summed E-state index contributed by atoms with van der Waals surface area (Å²) in [6.45, 7) is 5.75. The van der Waals surface area contributed by atoms with E-state index >= 15 is 0 Å². The Labute approximate surface area is 168 Å². The first-order valence-corrected chi connectivity index (χ1v) is 10.9. The number of carbonyl (C=O) groups is 1. The Hall–Kier alpha value is -2.34. The molecule has 0 bridgehead atoms. The maximum atomic E-state index is 13.2. The molecule has 1 amide bonds. The van der Waals surface area contributed by atoms with Gasteiger partial charge in [-0.15, -0.1) is 0 Å². The first-order chi connectivity index (χ1) is 13.1. The minimum Gasteiger partial charge on any atom is -0.495 e. The zero-order valence-corrected chi connectivity index (χ0v) is 18.2. The molecule has 0 heterocycles. The molecule has 0 radical (unpaired) electrons. The summed E-state index contributed by atoms with van der Waals surface area (Å²) in [7, 11) is 1.32. The van der Waals surface area contributed by atoms with Crippen molar-refractivity contribution in [2.45, 2.75) is 37.3 Å². The van der Waals surface area contributed by atoms with E-state index in [4.69, 9.17) is 4.74 Å². The van der Waals surface area contributed by atoms with Crippen LogP contribution in [0.2, 0.25) is 0 Å². The fourth-order valence-electron chi connectivity index (χ4n) is 3.18. The minimum atomic E-state index is -3.55. The highest BCUT2D eigenvalue weighted by molar-refractivity contribution is 7.92. The van der Waals surface area contributed by atoms with Crippen molar-refractivity contribution < 1.29 is 17.9 Å². The maximum absolute atomic E-state index is 13.2. The highest BCUT2D eigenvalue weighted by Gasteiger charge is 2.28. The zero-order valence-electron chi connectivity index (χ0n) is 17.4. The van der Waals surface area contributed by atoms with Gasteiger partial charge in [0.05, 0.1) is 12.4 Å². The van der Waals surface area contributed by atoms with Gasteiger partial charge in [0.2, 0.25) is 0 Å². The third-order valence-electron chi connectivity index (χ3n) is 4.65. The van der Waals surface area contributed by atoms with Gasteiger partial charge < -0.3 is 9.64 Å². The molecule has 0 aliphatic heterocycles. The van der Waals surface area contributed by atoms with Crippen molar-refractivity contribution in [3.8, 4) is 16.9 Å². The lowest BCUT2D eigenvalue weighted by molar-refractivity contribution is 0.0827. The van der Waals surface area contributed by atoms with Crippen LogP contribution in [-0.2, 0) is 9.84 Å². The van der Waals surface area contributed by atoms with Crippen molar-refractivity contribution >= 4 is 15.7 Å². The van der Waals surface area contributed by atoms with Gasteiger partial charge in [0.15, 0.2) is 9.84 Å². The molecular formula is C22H29NO4S. The first kappa shape index (κ1) is 22.0. The molecule has 2 aromatic rings. The monoisotopic (exact) mass is 403 g/mol. The number of amides is 1. The van der Waals surface area contributed by atoms with Gasteiger partial charge in [0.1, 0.15) is 10.6 Å². The van der Waals surface area contributed by atoms with Crippen LogP contribution < -0.4 is 4.74 Å². The number of ether oxygens (including phenoxy) is 1. The van der Waals surface area contributed by atoms with E-state index in [1.807, 2.05) is 26.0 Å². The molecule has 6 heteroatoms. The number of benzene rings is 2. The van der Waals surface area contributed by atoms with Crippen molar-refractivity contribution in [2.75, 3.05) is 21.2 Å². The van der Waals surface area contributed by atoms with Gasteiger partial charge in [-0.3, -0.25) is 4.79 Å². The molecule has 0 aromatic heterocycles. The number of rotatable bonds is 7. The van der Waals surface area contributed by atoms with Gasteiger partial charge in [-0.25, -0.2) is 8.42 Å². The number of hydrogen-bond acceptors (Lipinski definition) is 4. The predicted octanol–water partition coefficient (Wildman–Crippen LogP) is 4.27. The van der Waals surface area contributed by atoms with Gasteiger partial charge in [-0.2, -0.15) is 0 Å². The van der Waals surface area contributed by atoms with E-state index in [2.05, 4.69) is 0 Å². The lowest BCUT2D eigenvalue weighted by atomic mass is 10.0. The number of sulfone groups is 1. The van der Waals surface area contributed by atoms with E-state index in [0.717, 1.165) is 11.1 Å². The molecule has 5 nitrogen and oxygen atoms in total. The van der Waals surface area contributed by atoms with Crippen LogP contribution >= 0.6 is 0 Å². The third kappa shape index (κ3) is 4.73. The summed E-state index contributed by atoms with van der Waals surface area (Å²) in [5.74, 6) is 0.501. The average Bonchev–Trinajstić information content (AvgIpc) is 2.66. The normalized spacial score (nSPS) is 12.7. The van der Waals surface area contributed by atoms with Gasteiger partial charge in [-0.1, -0.05) is 32.0 Å². The zero-order chi connectivity index (χ0) is 21.1. The fraction of sp³-hybridized carbons (Fsp3) is 0.409. The Balaban J connectivity index is 2.54. The van der Waals surface area contributed by atoms with Crippen molar-refractivity contribution in [3.05, 3.63) is 48.0 Å². The van der Waals surface area contributed by atoms with Crippen LogP contribution in [0.5, 0.6) is 5.75 Å². The molecule has 0 saturated heterocycles. The molecular weight excluding hydrogens is 374 g/mol. The molecule has 0 fully saturated rings. The van der Waals surface area contributed by atoms with Crippen molar-refractivity contribution in [2.24, 2.45) is 5.92 Å². The highest BCUT2D eigenvalue weighted by atomic mass is 32.2. The highest BCUT2D eigenvalue weighted by Crippen LogP contribution is 2.33. The number of methoxy groups -OCH3 is 1. The quantitative estimate of drug-likeness (QED) is 0.692. The Morgan fingerprint density at radius 1 is 1.04 bits per heavy atom. The summed E-state index contributed by atoms with van der Waals surface area (Å²) in [5, 5.41) is -0.515. The maximum Gasteiger partial charge on any atom is 0.253 e. The summed E-state index contributed by atoms with van der Waals surface area (Å²) < 4.78 is 31.6. The van der Waals surface area contributed by atoms with Crippen LogP contribution in [0.1, 0.15) is 37.6 Å². The van der Waals surface area contributed by atoms with Crippen LogP contribution in [0.15, 0.2) is 47.4 Å². The fourth-order valence-corrected chi connectivity index (χ4v) is 4.97. The first-order valence-electron chi connectivity index (χ1n) is 9.32. The summed E-state index contributed by atoms with van der Waals surface area (Å²) in [5.41, 5.74) is 2.06. The molecule has 0 saturated carbocycles. The molecule has 28 heavy (non-hydrogen) atoms. The van der Waals surface area contributed by atoms with Gasteiger partial charge in [0.25, 0.3) is 5.91 Å². The lowest BCUT2D eigenvalue weighted by Crippen LogP contribution is -2.21. The second kappa shape index (κ2) is 8.78. The Kier molecular flexibility index (Phi) is 6.88. The van der Waals surface area contributed by atoms with Crippen molar-refractivity contribution in [1.29, 1.82) is 0 Å². The molecule has 0 N–H and O–H groups in total. The van der Waals surface area contributed by atoms with Crippen LogP contribution in [0.4, 0.5) is 0 Å². The van der Waals surface area contributed by atoms with E-state index in [0.29, 0.717) is 17.7 Å². The Bertz CT molecular complexity index is 949. The van der Waals surface area contributed by atoms with E-state index in [9.17, 15) is 13.2 Å². The van der Waals surface area contributed by atoms with E-state index in [1.54, 1.807) is 51.4 Å². The SMILES string of the molecule is COc1ccc(-c2cccc(C(=O)N(C)C)c2)cc1S(=O)(=O)[C@H](C)CC(C)C. The number of carbonyl (C=O) groups excluding carboxylic acids is 1. The summed E-state index contributed by atoms with van der Waals surface area (Å²) >= 11 is 0. The van der Waals surface area contributed by atoms with Crippen LogP contribution in [0, 0.1) is 5.92 Å². The third-order valence-corrected chi connectivity index (χ3v) is 6.84. The standard InChI is InChI=1S/C22H29NO4S/c1-15(2)12-16(3)28(25,26)21-14-18(10-11-20(21)27-6)17-8-7-9-19(13-17)22(24)23(4)5/h7-11,13-16H,12H2,1-6H3/t16-/m1/s1.